The van der Waals surface area contributed by atoms with Crippen molar-refractivity contribution in [2.75, 3.05) is 38.2 Å². The first-order chi connectivity index (χ1) is 10.1. The van der Waals surface area contributed by atoms with Crippen molar-refractivity contribution < 1.29 is 4.74 Å². The molecular formula is C17H29N3O. The van der Waals surface area contributed by atoms with Crippen molar-refractivity contribution in [2.24, 2.45) is 11.7 Å². The lowest BCUT2D eigenvalue weighted by Gasteiger charge is -2.26. The van der Waals surface area contributed by atoms with Gasteiger partial charge in [0.1, 0.15) is 0 Å². The van der Waals surface area contributed by atoms with Crippen LogP contribution < -0.4 is 11.1 Å². The highest BCUT2D eigenvalue weighted by Crippen LogP contribution is 2.13. The van der Waals surface area contributed by atoms with Gasteiger partial charge in [-0.1, -0.05) is 26.0 Å². The molecule has 1 aromatic carbocycles. The molecule has 4 heteroatoms. The molecule has 118 valence electrons. The lowest BCUT2D eigenvalue weighted by atomic mass is 10.0. The molecule has 1 saturated heterocycles. The molecule has 0 spiro atoms. The Morgan fingerprint density at radius 1 is 1.19 bits per heavy atom. The number of nitrogens with zero attached hydrogens (tertiary/aromatic N) is 1. The van der Waals surface area contributed by atoms with Crippen molar-refractivity contribution in [1.29, 1.82) is 0 Å². The summed E-state index contributed by atoms with van der Waals surface area (Å²) < 4.78 is 5.37. The summed E-state index contributed by atoms with van der Waals surface area (Å²) in [6.07, 6.45) is 1.06. The Bertz CT molecular complexity index is 399. The highest BCUT2D eigenvalue weighted by atomic mass is 16.5. The molecule has 0 aliphatic carbocycles. The van der Waals surface area contributed by atoms with Gasteiger partial charge in [-0.15, -0.1) is 0 Å². The van der Waals surface area contributed by atoms with Gasteiger partial charge in [-0.2, -0.15) is 0 Å². The van der Waals surface area contributed by atoms with E-state index in [1.165, 1.54) is 5.56 Å². The number of morpholine rings is 1. The highest BCUT2D eigenvalue weighted by Gasteiger charge is 2.10. The molecule has 1 heterocycles. The molecule has 2 rings (SSSR count). The minimum atomic E-state index is 0.220. The summed E-state index contributed by atoms with van der Waals surface area (Å²) in [5.41, 5.74) is 8.60. The van der Waals surface area contributed by atoms with Crippen LogP contribution in [-0.2, 0) is 11.3 Å². The number of hydrogen-bond acceptors (Lipinski definition) is 4. The second-order valence-electron chi connectivity index (χ2n) is 6.36. The molecule has 0 aromatic heterocycles. The molecule has 1 aliphatic rings. The zero-order chi connectivity index (χ0) is 15.1. The minimum absolute atomic E-state index is 0.220. The van der Waals surface area contributed by atoms with Gasteiger partial charge in [0.05, 0.1) is 13.2 Å². The van der Waals surface area contributed by atoms with Crippen LogP contribution in [0.2, 0.25) is 0 Å². The summed E-state index contributed by atoms with van der Waals surface area (Å²) in [6.45, 7) is 10.0. The van der Waals surface area contributed by atoms with Crippen LogP contribution in [0.5, 0.6) is 0 Å². The topological polar surface area (TPSA) is 50.5 Å². The van der Waals surface area contributed by atoms with Crippen molar-refractivity contribution in [3.63, 3.8) is 0 Å². The first kappa shape index (κ1) is 16.3. The third-order valence-corrected chi connectivity index (χ3v) is 3.81. The zero-order valence-corrected chi connectivity index (χ0v) is 13.3. The number of benzene rings is 1. The molecule has 1 unspecified atom stereocenters. The third kappa shape index (κ3) is 6.04. The maximum Gasteiger partial charge on any atom is 0.0594 e. The number of nitrogens with one attached hydrogen (secondary N) is 1. The summed E-state index contributed by atoms with van der Waals surface area (Å²) >= 11 is 0. The molecule has 1 fully saturated rings. The van der Waals surface area contributed by atoms with Crippen molar-refractivity contribution >= 4 is 5.69 Å². The Kier molecular flexibility index (Phi) is 6.49. The van der Waals surface area contributed by atoms with E-state index >= 15 is 0 Å². The van der Waals surface area contributed by atoms with Crippen molar-refractivity contribution in [3.05, 3.63) is 29.8 Å². The van der Waals surface area contributed by atoms with Gasteiger partial charge in [-0.25, -0.2) is 0 Å². The fraction of sp³-hybridized carbons (Fsp3) is 0.647. The largest absolute Gasteiger partial charge is 0.383 e. The summed E-state index contributed by atoms with van der Waals surface area (Å²) in [5, 5.41) is 3.42. The number of rotatable bonds is 7. The quantitative estimate of drug-likeness (QED) is 0.809. The van der Waals surface area contributed by atoms with Gasteiger partial charge in [0.15, 0.2) is 0 Å². The molecule has 0 amide bonds. The van der Waals surface area contributed by atoms with Gasteiger partial charge in [0, 0.05) is 37.9 Å². The lowest BCUT2D eigenvalue weighted by molar-refractivity contribution is 0.0342. The van der Waals surface area contributed by atoms with Crippen LogP contribution in [0, 0.1) is 5.92 Å². The number of nitrogens with two attached hydrogens (primary N) is 1. The standard InChI is InChI=1S/C17H29N3O/c1-14(2)11-16(18)12-19-17-5-3-15(4-6-17)13-20-7-9-21-10-8-20/h3-6,14,16,19H,7-13,18H2,1-2H3. The van der Waals surface area contributed by atoms with Crippen LogP contribution in [-0.4, -0.2) is 43.8 Å². The Morgan fingerprint density at radius 3 is 2.48 bits per heavy atom. The van der Waals surface area contributed by atoms with Crippen LogP contribution in [0.25, 0.3) is 0 Å². The fourth-order valence-electron chi connectivity index (χ4n) is 2.68. The Labute approximate surface area is 128 Å². The number of anilines is 1. The van der Waals surface area contributed by atoms with E-state index in [1.807, 2.05) is 0 Å². The normalized spacial score (nSPS) is 17.9. The van der Waals surface area contributed by atoms with Crippen LogP contribution >= 0.6 is 0 Å². The van der Waals surface area contributed by atoms with E-state index in [2.05, 4.69) is 48.3 Å². The van der Waals surface area contributed by atoms with E-state index in [-0.39, 0.29) is 6.04 Å². The van der Waals surface area contributed by atoms with Gasteiger partial charge in [0.2, 0.25) is 0 Å². The number of hydrogen-bond donors (Lipinski definition) is 2. The summed E-state index contributed by atoms with van der Waals surface area (Å²) in [5.74, 6) is 0.651. The molecule has 0 saturated carbocycles. The monoisotopic (exact) mass is 291 g/mol. The molecule has 1 aromatic rings. The lowest BCUT2D eigenvalue weighted by Crippen LogP contribution is -2.35. The Morgan fingerprint density at radius 2 is 1.86 bits per heavy atom. The maximum atomic E-state index is 6.10. The van der Waals surface area contributed by atoms with Gasteiger partial charge in [-0.05, 0) is 30.0 Å². The van der Waals surface area contributed by atoms with Crippen LogP contribution in [0.4, 0.5) is 5.69 Å². The van der Waals surface area contributed by atoms with Gasteiger partial charge in [0.25, 0.3) is 0 Å². The van der Waals surface area contributed by atoms with E-state index in [1.54, 1.807) is 0 Å². The summed E-state index contributed by atoms with van der Waals surface area (Å²) in [4.78, 5) is 2.44. The van der Waals surface area contributed by atoms with E-state index in [0.29, 0.717) is 5.92 Å². The predicted molar refractivity (Wildman–Crippen MR) is 88.5 cm³/mol. The van der Waals surface area contributed by atoms with Crippen LogP contribution in [0.3, 0.4) is 0 Å². The smallest absolute Gasteiger partial charge is 0.0594 e. The van der Waals surface area contributed by atoms with Crippen LogP contribution in [0.15, 0.2) is 24.3 Å². The minimum Gasteiger partial charge on any atom is -0.383 e. The molecule has 0 bridgehead atoms. The molecule has 3 N–H and O–H groups in total. The third-order valence-electron chi connectivity index (χ3n) is 3.81. The first-order valence-corrected chi connectivity index (χ1v) is 8.02. The van der Waals surface area contributed by atoms with Gasteiger partial charge >= 0.3 is 0 Å². The second-order valence-corrected chi connectivity index (χ2v) is 6.36. The predicted octanol–water partition coefficient (Wildman–Crippen LogP) is 2.30. The summed E-state index contributed by atoms with van der Waals surface area (Å²) in [6, 6.07) is 8.92. The fourth-order valence-corrected chi connectivity index (χ4v) is 2.68. The van der Waals surface area contributed by atoms with Gasteiger partial charge < -0.3 is 15.8 Å². The molecule has 21 heavy (non-hydrogen) atoms. The van der Waals surface area contributed by atoms with E-state index in [9.17, 15) is 0 Å². The van der Waals surface area contributed by atoms with E-state index < -0.39 is 0 Å². The van der Waals surface area contributed by atoms with Gasteiger partial charge in [-0.3, -0.25) is 4.90 Å². The molecular weight excluding hydrogens is 262 g/mol. The summed E-state index contributed by atoms with van der Waals surface area (Å²) in [7, 11) is 0. The first-order valence-electron chi connectivity index (χ1n) is 8.02. The average Bonchev–Trinajstić information content (AvgIpc) is 2.47. The second kappa shape index (κ2) is 8.37. The van der Waals surface area contributed by atoms with E-state index in [0.717, 1.165) is 51.5 Å². The Balaban J connectivity index is 1.76. The molecule has 4 nitrogen and oxygen atoms in total. The van der Waals surface area contributed by atoms with Crippen LogP contribution in [0.1, 0.15) is 25.8 Å². The molecule has 1 atom stereocenters. The van der Waals surface area contributed by atoms with Crippen molar-refractivity contribution in [1.82, 2.24) is 4.90 Å². The van der Waals surface area contributed by atoms with Crippen molar-refractivity contribution in [3.8, 4) is 0 Å². The highest BCUT2D eigenvalue weighted by molar-refractivity contribution is 5.44. The Hall–Kier alpha value is -1.10. The maximum absolute atomic E-state index is 6.10. The number of ether oxygens (including phenoxy) is 1. The van der Waals surface area contributed by atoms with Crippen molar-refractivity contribution in [2.45, 2.75) is 32.9 Å². The molecule has 1 aliphatic heterocycles. The average molecular weight is 291 g/mol. The van der Waals surface area contributed by atoms with E-state index in [4.69, 9.17) is 10.5 Å². The SMILES string of the molecule is CC(C)CC(N)CNc1ccc(CN2CCOCC2)cc1. The molecule has 0 radical (unpaired) electrons. The zero-order valence-electron chi connectivity index (χ0n) is 13.3.